The molecule has 0 saturated heterocycles. The molecule has 1 N–H and O–H groups in total. The lowest BCUT2D eigenvalue weighted by molar-refractivity contribution is 0.602. The highest BCUT2D eigenvalue weighted by molar-refractivity contribution is 7.90. The SMILES string of the molecule is CS(=O)(=O)c1ccc2nc(-c3ccc(-c4ccc(-c5ccccc5)s4)cc3)[nH]c2c1. The van der Waals surface area contributed by atoms with E-state index in [1.807, 2.05) is 18.2 Å². The zero-order chi connectivity index (χ0) is 20.7. The molecule has 6 heteroatoms. The molecule has 0 aliphatic carbocycles. The summed E-state index contributed by atoms with van der Waals surface area (Å²) in [6, 6.07) is 27.9. The molecule has 2 aromatic heterocycles. The summed E-state index contributed by atoms with van der Waals surface area (Å²) in [5, 5.41) is 0. The third kappa shape index (κ3) is 3.56. The van der Waals surface area contributed by atoms with Crippen molar-refractivity contribution in [3.05, 3.63) is 84.9 Å². The molecule has 0 saturated carbocycles. The summed E-state index contributed by atoms with van der Waals surface area (Å²) in [7, 11) is -3.25. The Hall–Kier alpha value is -3.22. The highest BCUT2D eigenvalue weighted by Gasteiger charge is 2.11. The molecule has 5 aromatic rings. The second-order valence-electron chi connectivity index (χ2n) is 7.14. The second kappa shape index (κ2) is 7.23. The third-order valence-corrected chi connectivity index (χ3v) is 7.28. The van der Waals surface area contributed by atoms with Crippen LogP contribution in [0.4, 0.5) is 0 Å². The number of H-pyrrole nitrogens is 1. The fourth-order valence-electron chi connectivity index (χ4n) is 3.40. The van der Waals surface area contributed by atoms with Crippen molar-refractivity contribution in [1.29, 1.82) is 0 Å². The van der Waals surface area contributed by atoms with E-state index in [1.54, 1.807) is 29.5 Å². The third-order valence-electron chi connectivity index (χ3n) is 4.99. The van der Waals surface area contributed by atoms with Crippen molar-refractivity contribution < 1.29 is 8.42 Å². The minimum atomic E-state index is -3.25. The van der Waals surface area contributed by atoms with E-state index in [9.17, 15) is 8.42 Å². The number of rotatable bonds is 4. The lowest BCUT2D eigenvalue weighted by atomic mass is 10.1. The van der Waals surface area contributed by atoms with E-state index >= 15 is 0 Å². The smallest absolute Gasteiger partial charge is 0.175 e. The van der Waals surface area contributed by atoms with E-state index in [2.05, 4.69) is 58.5 Å². The molecule has 2 heterocycles. The molecule has 0 fully saturated rings. The average molecular weight is 431 g/mol. The normalized spacial score (nSPS) is 11.8. The van der Waals surface area contributed by atoms with Gasteiger partial charge in [0.15, 0.2) is 9.84 Å². The molecule has 0 bridgehead atoms. The largest absolute Gasteiger partial charge is 0.338 e. The molecular weight excluding hydrogens is 412 g/mol. The number of aromatic amines is 1. The van der Waals surface area contributed by atoms with Crippen molar-refractivity contribution in [3.8, 4) is 32.3 Å². The lowest BCUT2D eigenvalue weighted by Crippen LogP contribution is -1.96. The van der Waals surface area contributed by atoms with Crippen LogP contribution in [0, 0.1) is 0 Å². The van der Waals surface area contributed by atoms with Crippen LogP contribution in [0.3, 0.4) is 0 Å². The molecule has 4 nitrogen and oxygen atoms in total. The van der Waals surface area contributed by atoms with E-state index in [-0.39, 0.29) is 4.90 Å². The molecule has 30 heavy (non-hydrogen) atoms. The molecule has 3 aromatic carbocycles. The summed E-state index contributed by atoms with van der Waals surface area (Å²) in [5.41, 5.74) is 4.79. The highest BCUT2D eigenvalue weighted by atomic mass is 32.2. The fourth-order valence-corrected chi connectivity index (χ4v) is 5.06. The van der Waals surface area contributed by atoms with Crippen LogP contribution in [0.15, 0.2) is 89.8 Å². The van der Waals surface area contributed by atoms with Gasteiger partial charge in [-0.1, -0.05) is 54.6 Å². The van der Waals surface area contributed by atoms with Gasteiger partial charge in [-0.25, -0.2) is 13.4 Å². The molecule has 0 amide bonds. The molecule has 5 rings (SSSR count). The van der Waals surface area contributed by atoms with Crippen molar-refractivity contribution in [2.75, 3.05) is 6.26 Å². The van der Waals surface area contributed by atoms with E-state index < -0.39 is 9.84 Å². The number of nitrogens with zero attached hydrogens (tertiary/aromatic N) is 1. The Bertz CT molecular complexity index is 1450. The molecule has 0 spiro atoms. The van der Waals surface area contributed by atoms with Gasteiger partial charge in [0, 0.05) is 21.6 Å². The number of benzene rings is 3. The Balaban J connectivity index is 1.45. The first-order valence-corrected chi connectivity index (χ1v) is 12.1. The van der Waals surface area contributed by atoms with Crippen molar-refractivity contribution in [2.24, 2.45) is 0 Å². The second-order valence-corrected chi connectivity index (χ2v) is 10.2. The number of fused-ring (bicyclic) bond motifs is 1. The van der Waals surface area contributed by atoms with Crippen LogP contribution >= 0.6 is 11.3 Å². The van der Waals surface area contributed by atoms with Crippen LogP contribution in [0.25, 0.3) is 43.3 Å². The van der Waals surface area contributed by atoms with Gasteiger partial charge in [0.2, 0.25) is 0 Å². The number of hydrogen-bond acceptors (Lipinski definition) is 4. The molecule has 0 unspecified atom stereocenters. The van der Waals surface area contributed by atoms with Crippen LogP contribution < -0.4 is 0 Å². The minimum Gasteiger partial charge on any atom is -0.338 e. The topological polar surface area (TPSA) is 62.8 Å². The molecule has 148 valence electrons. The van der Waals surface area contributed by atoms with E-state index in [0.717, 1.165) is 22.5 Å². The van der Waals surface area contributed by atoms with Gasteiger partial charge in [0.25, 0.3) is 0 Å². The average Bonchev–Trinajstić information content (AvgIpc) is 3.41. The van der Waals surface area contributed by atoms with E-state index in [1.165, 1.54) is 21.6 Å². The van der Waals surface area contributed by atoms with E-state index in [4.69, 9.17) is 0 Å². The predicted molar refractivity (Wildman–Crippen MR) is 123 cm³/mol. The van der Waals surface area contributed by atoms with Gasteiger partial charge in [-0.2, -0.15) is 0 Å². The maximum absolute atomic E-state index is 11.8. The van der Waals surface area contributed by atoms with Gasteiger partial charge < -0.3 is 4.98 Å². The number of nitrogens with one attached hydrogen (secondary N) is 1. The maximum Gasteiger partial charge on any atom is 0.175 e. The zero-order valence-electron chi connectivity index (χ0n) is 16.2. The Morgan fingerprint density at radius 3 is 2.07 bits per heavy atom. The number of hydrogen-bond donors (Lipinski definition) is 1. The van der Waals surface area contributed by atoms with E-state index in [0.29, 0.717) is 5.52 Å². The molecule has 0 aliphatic heterocycles. The first-order valence-electron chi connectivity index (χ1n) is 9.43. The Labute approximate surface area is 178 Å². The number of aromatic nitrogens is 2. The van der Waals surface area contributed by atoms with Gasteiger partial charge in [-0.3, -0.25) is 0 Å². The number of thiophene rings is 1. The lowest BCUT2D eigenvalue weighted by Gasteiger charge is -2.00. The Morgan fingerprint density at radius 1 is 0.767 bits per heavy atom. The van der Waals surface area contributed by atoms with Gasteiger partial charge in [0.05, 0.1) is 15.9 Å². The fraction of sp³-hybridized carbons (Fsp3) is 0.0417. The summed E-state index contributed by atoms with van der Waals surface area (Å²) < 4.78 is 23.6. The van der Waals surface area contributed by atoms with Gasteiger partial charge in [-0.05, 0) is 41.5 Å². The highest BCUT2D eigenvalue weighted by Crippen LogP contribution is 2.35. The van der Waals surface area contributed by atoms with Crippen LogP contribution in [0.5, 0.6) is 0 Å². The molecular formula is C24H18N2O2S2. The van der Waals surface area contributed by atoms with Crippen molar-refractivity contribution >= 4 is 32.2 Å². The first-order chi connectivity index (χ1) is 14.5. The monoisotopic (exact) mass is 430 g/mol. The molecule has 0 radical (unpaired) electrons. The van der Waals surface area contributed by atoms with Crippen LogP contribution in [0.1, 0.15) is 0 Å². The summed E-state index contributed by atoms with van der Waals surface area (Å²) in [6.45, 7) is 0. The minimum absolute atomic E-state index is 0.285. The van der Waals surface area contributed by atoms with Crippen molar-refractivity contribution in [1.82, 2.24) is 9.97 Å². The van der Waals surface area contributed by atoms with Crippen molar-refractivity contribution in [2.45, 2.75) is 4.90 Å². The van der Waals surface area contributed by atoms with Crippen LogP contribution in [-0.4, -0.2) is 24.6 Å². The zero-order valence-corrected chi connectivity index (χ0v) is 17.8. The summed E-state index contributed by atoms with van der Waals surface area (Å²) in [5.74, 6) is 0.721. The quantitative estimate of drug-likeness (QED) is 0.379. The summed E-state index contributed by atoms with van der Waals surface area (Å²) in [6.07, 6.45) is 1.21. The van der Waals surface area contributed by atoms with Gasteiger partial charge in [-0.15, -0.1) is 11.3 Å². The Kier molecular flexibility index (Phi) is 4.53. The van der Waals surface area contributed by atoms with Crippen molar-refractivity contribution in [3.63, 3.8) is 0 Å². The van der Waals surface area contributed by atoms with Gasteiger partial charge >= 0.3 is 0 Å². The predicted octanol–water partition coefficient (Wildman–Crippen LogP) is 6.03. The molecule has 0 aliphatic rings. The summed E-state index contributed by atoms with van der Waals surface area (Å²) >= 11 is 1.77. The van der Waals surface area contributed by atoms with Crippen LogP contribution in [0.2, 0.25) is 0 Å². The number of imidazole rings is 1. The maximum atomic E-state index is 11.8. The van der Waals surface area contributed by atoms with Crippen LogP contribution in [-0.2, 0) is 9.84 Å². The molecule has 0 atom stereocenters. The summed E-state index contributed by atoms with van der Waals surface area (Å²) in [4.78, 5) is 10.6. The Morgan fingerprint density at radius 2 is 1.40 bits per heavy atom. The first kappa shape index (κ1) is 18.8. The number of sulfone groups is 1. The van der Waals surface area contributed by atoms with Gasteiger partial charge in [0.1, 0.15) is 5.82 Å². The standard InChI is InChI=1S/C24H18N2O2S2/c1-30(27,28)19-11-12-20-21(15-19)26-24(25-20)18-9-7-17(8-10-18)23-14-13-22(29-23)16-5-3-2-4-6-16/h2-15H,1H3,(H,25,26).